The predicted octanol–water partition coefficient (Wildman–Crippen LogP) is 1.24. The van der Waals surface area contributed by atoms with Crippen LogP contribution < -0.4 is 11.3 Å². The fraction of sp³-hybridized carbons (Fsp3) is 0.571. The van der Waals surface area contributed by atoms with Crippen molar-refractivity contribution >= 4 is 11.6 Å². The molecular formula is C7H11ClF2N4. The zero-order valence-electron chi connectivity index (χ0n) is 7.54. The molecule has 1 rings (SSSR count). The molecule has 1 heterocycles. The Morgan fingerprint density at radius 1 is 1.79 bits per heavy atom. The normalized spacial score (nSPS) is 14.4. The third-order valence-corrected chi connectivity index (χ3v) is 2.02. The maximum Gasteiger partial charge on any atom is 0.342 e. The zero-order valence-corrected chi connectivity index (χ0v) is 8.30. The van der Waals surface area contributed by atoms with Gasteiger partial charge in [-0.2, -0.15) is 13.9 Å². The summed E-state index contributed by atoms with van der Waals surface area (Å²) in [5.74, 6) is 4.99. The lowest BCUT2D eigenvalue weighted by Gasteiger charge is -2.18. The molecule has 1 aromatic heterocycles. The van der Waals surface area contributed by atoms with Crippen LogP contribution in [0.25, 0.3) is 0 Å². The van der Waals surface area contributed by atoms with Crippen molar-refractivity contribution < 1.29 is 8.78 Å². The highest BCUT2D eigenvalue weighted by Crippen LogP contribution is 2.33. The quantitative estimate of drug-likeness (QED) is 0.460. The van der Waals surface area contributed by atoms with Crippen molar-refractivity contribution in [1.82, 2.24) is 15.2 Å². The number of hydrogen-bond donors (Lipinski definition) is 2. The summed E-state index contributed by atoms with van der Waals surface area (Å²) in [6, 6.07) is -1.43. The van der Waals surface area contributed by atoms with E-state index in [1.54, 1.807) is 0 Å². The minimum atomic E-state index is -3.43. The molecule has 0 spiro atoms. The molecule has 4 nitrogen and oxygen atoms in total. The summed E-state index contributed by atoms with van der Waals surface area (Å²) in [4.78, 5) is 0. The standard InChI is InChI=1S/C7H11ClF2N4/c1-2-14-4-5(3-12-14)6(13-11)7(8,9)10/h3-4,6,13H,2,11H2,1H3. The lowest BCUT2D eigenvalue weighted by molar-refractivity contribution is 0.0497. The van der Waals surface area contributed by atoms with Gasteiger partial charge in [0, 0.05) is 18.3 Å². The van der Waals surface area contributed by atoms with E-state index >= 15 is 0 Å². The van der Waals surface area contributed by atoms with Gasteiger partial charge in [-0.05, 0) is 18.5 Å². The van der Waals surface area contributed by atoms with Crippen LogP contribution in [0.3, 0.4) is 0 Å². The maximum absolute atomic E-state index is 12.8. The molecule has 0 radical (unpaired) electrons. The van der Waals surface area contributed by atoms with Gasteiger partial charge in [0.05, 0.1) is 6.20 Å². The summed E-state index contributed by atoms with van der Waals surface area (Å²) in [6.07, 6.45) is 2.78. The topological polar surface area (TPSA) is 55.9 Å². The first-order valence-corrected chi connectivity index (χ1v) is 4.42. The summed E-state index contributed by atoms with van der Waals surface area (Å²) in [5.41, 5.74) is 2.22. The highest BCUT2D eigenvalue weighted by Gasteiger charge is 2.38. The van der Waals surface area contributed by atoms with Crippen LogP contribution in [-0.4, -0.2) is 15.2 Å². The van der Waals surface area contributed by atoms with Gasteiger partial charge in [-0.1, -0.05) is 0 Å². The van der Waals surface area contributed by atoms with Crippen LogP contribution in [0.1, 0.15) is 18.5 Å². The van der Waals surface area contributed by atoms with Crippen molar-refractivity contribution in [3.8, 4) is 0 Å². The number of hydrazine groups is 1. The van der Waals surface area contributed by atoms with E-state index in [9.17, 15) is 8.78 Å². The molecule has 14 heavy (non-hydrogen) atoms. The van der Waals surface area contributed by atoms with E-state index in [-0.39, 0.29) is 5.56 Å². The van der Waals surface area contributed by atoms with Crippen molar-refractivity contribution in [2.24, 2.45) is 5.84 Å². The van der Waals surface area contributed by atoms with Gasteiger partial charge in [-0.25, -0.2) is 5.43 Å². The lowest BCUT2D eigenvalue weighted by atomic mass is 10.2. The molecule has 1 aromatic rings. The Morgan fingerprint density at radius 3 is 2.79 bits per heavy atom. The minimum absolute atomic E-state index is 0.259. The van der Waals surface area contributed by atoms with Crippen molar-refractivity contribution in [2.75, 3.05) is 0 Å². The number of nitrogens with zero attached hydrogens (tertiary/aromatic N) is 2. The highest BCUT2D eigenvalue weighted by molar-refractivity contribution is 6.22. The smallest absolute Gasteiger partial charge is 0.273 e. The van der Waals surface area contributed by atoms with Crippen LogP contribution in [0, 0.1) is 0 Å². The third kappa shape index (κ3) is 2.40. The molecule has 0 aliphatic rings. The number of hydrogen-bond acceptors (Lipinski definition) is 3. The molecule has 80 valence electrons. The molecule has 0 aliphatic heterocycles. The van der Waals surface area contributed by atoms with E-state index in [1.807, 2.05) is 12.3 Å². The molecule has 0 aliphatic carbocycles. The number of rotatable bonds is 4. The zero-order chi connectivity index (χ0) is 10.8. The Bertz CT molecular complexity index is 296. The average Bonchev–Trinajstić information content (AvgIpc) is 2.51. The van der Waals surface area contributed by atoms with Crippen LogP contribution in [0.15, 0.2) is 12.4 Å². The number of aromatic nitrogens is 2. The monoisotopic (exact) mass is 224 g/mol. The molecule has 0 saturated carbocycles. The fourth-order valence-corrected chi connectivity index (χ4v) is 1.27. The van der Waals surface area contributed by atoms with E-state index in [0.29, 0.717) is 6.54 Å². The minimum Gasteiger partial charge on any atom is -0.273 e. The summed E-state index contributed by atoms with van der Waals surface area (Å²) in [6.45, 7) is 2.45. The molecule has 1 unspecified atom stereocenters. The molecule has 3 N–H and O–H groups in total. The van der Waals surface area contributed by atoms with Crippen molar-refractivity contribution in [2.45, 2.75) is 24.9 Å². The van der Waals surface area contributed by atoms with E-state index in [4.69, 9.17) is 17.4 Å². The Hall–Kier alpha value is -0.720. The molecule has 1 atom stereocenters. The molecule has 0 fully saturated rings. The summed E-state index contributed by atoms with van der Waals surface area (Å²) >= 11 is 4.87. The third-order valence-electron chi connectivity index (χ3n) is 1.80. The van der Waals surface area contributed by atoms with Crippen molar-refractivity contribution in [3.63, 3.8) is 0 Å². The second-order valence-electron chi connectivity index (χ2n) is 2.77. The van der Waals surface area contributed by atoms with Gasteiger partial charge in [0.2, 0.25) is 0 Å². The Kier molecular flexibility index (Phi) is 3.41. The number of halogens is 3. The molecule has 7 heteroatoms. The van der Waals surface area contributed by atoms with Crippen LogP contribution >= 0.6 is 11.6 Å². The summed E-state index contributed by atoms with van der Waals surface area (Å²) in [5, 5.41) is 0.412. The van der Waals surface area contributed by atoms with Crippen LogP contribution in [0.5, 0.6) is 0 Å². The van der Waals surface area contributed by atoms with Gasteiger partial charge in [0.25, 0.3) is 0 Å². The molecule has 0 amide bonds. The highest BCUT2D eigenvalue weighted by atomic mass is 35.5. The second-order valence-corrected chi connectivity index (χ2v) is 3.27. The lowest BCUT2D eigenvalue weighted by Crippen LogP contribution is -2.37. The average molecular weight is 225 g/mol. The number of alkyl halides is 3. The molecule has 0 saturated heterocycles. The van der Waals surface area contributed by atoms with E-state index < -0.39 is 11.4 Å². The van der Waals surface area contributed by atoms with Gasteiger partial charge in [0.1, 0.15) is 6.04 Å². The maximum atomic E-state index is 12.8. The van der Waals surface area contributed by atoms with Gasteiger partial charge < -0.3 is 0 Å². The van der Waals surface area contributed by atoms with Crippen molar-refractivity contribution in [1.29, 1.82) is 0 Å². The second kappa shape index (κ2) is 4.20. The fourth-order valence-electron chi connectivity index (χ4n) is 1.08. The molecule has 0 aromatic carbocycles. The van der Waals surface area contributed by atoms with Crippen LogP contribution in [-0.2, 0) is 6.54 Å². The Labute approximate surface area is 85.0 Å². The van der Waals surface area contributed by atoms with Crippen LogP contribution in [0.2, 0.25) is 0 Å². The number of nitrogens with two attached hydrogens (primary N) is 1. The van der Waals surface area contributed by atoms with Crippen molar-refractivity contribution in [3.05, 3.63) is 18.0 Å². The Balaban J connectivity index is 2.90. The predicted molar refractivity (Wildman–Crippen MR) is 48.8 cm³/mol. The SMILES string of the molecule is CCn1cc(C(NN)C(F)(F)Cl)cn1. The van der Waals surface area contributed by atoms with Gasteiger partial charge in [-0.3, -0.25) is 10.5 Å². The van der Waals surface area contributed by atoms with Gasteiger partial charge in [-0.15, -0.1) is 0 Å². The Morgan fingerprint density at radius 2 is 2.43 bits per heavy atom. The largest absolute Gasteiger partial charge is 0.342 e. The van der Waals surface area contributed by atoms with Gasteiger partial charge >= 0.3 is 5.38 Å². The summed E-state index contributed by atoms with van der Waals surface area (Å²) in [7, 11) is 0. The first-order chi connectivity index (χ1) is 6.49. The molecule has 0 bridgehead atoms. The van der Waals surface area contributed by atoms with E-state index in [0.717, 1.165) is 0 Å². The number of aryl methyl sites for hydroxylation is 1. The van der Waals surface area contributed by atoms with E-state index in [2.05, 4.69) is 5.10 Å². The van der Waals surface area contributed by atoms with Crippen LogP contribution in [0.4, 0.5) is 8.78 Å². The van der Waals surface area contributed by atoms with E-state index in [1.165, 1.54) is 17.1 Å². The molecular weight excluding hydrogens is 214 g/mol. The first kappa shape index (κ1) is 11.4. The number of nitrogens with one attached hydrogen (secondary N) is 1. The first-order valence-electron chi connectivity index (χ1n) is 4.04. The van der Waals surface area contributed by atoms with Gasteiger partial charge in [0.15, 0.2) is 0 Å². The summed E-state index contributed by atoms with van der Waals surface area (Å²) < 4.78 is 27.1.